The van der Waals surface area contributed by atoms with Crippen LogP contribution in [0.3, 0.4) is 0 Å². The standard InChI is InChI=1S/C9H9N3S/c1-13-7-6-8-4-2-3-5-9(8)11-12-10/h2-7H,1H3/b7-6+. The van der Waals surface area contributed by atoms with E-state index in [0.717, 1.165) is 5.56 Å². The second-order valence-electron chi connectivity index (χ2n) is 2.29. The van der Waals surface area contributed by atoms with Gasteiger partial charge in [-0.15, -0.1) is 11.8 Å². The molecule has 0 aromatic heterocycles. The average molecular weight is 191 g/mol. The van der Waals surface area contributed by atoms with Gasteiger partial charge in [-0.3, -0.25) is 0 Å². The summed E-state index contributed by atoms with van der Waals surface area (Å²) in [5, 5.41) is 5.53. The molecule has 0 amide bonds. The topological polar surface area (TPSA) is 48.8 Å². The first-order valence-corrected chi connectivity index (χ1v) is 5.00. The fourth-order valence-electron chi connectivity index (χ4n) is 0.909. The van der Waals surface area contributed by atoms with Crippen molar-refractivity contribution >= 4 is 23.5 Å². The third-order valence-electron chi connectivity index (χ3n) is 1.47. The molecule has 0 N–H and O–H groups in total. The van der Waals surface area contributed by atoms with E-state index in [-0.39, 0.29) is 0 Å². The monoisotopic (exact) mass is 191 g/mol. The Morgan fingerprint density at radius 2 is 2.23 bits per heavy atom. The number of benzene rings is 1. The quantitative estimate of drug-likeness (QED) is 0.405. The third kappa shape index (κ3) is 2.86. The lowest BCUT2D eigenvalue weighted by Crippen LogP contribution is -1.70. The van der Waals surface area contributed by atoms with Crippen LogP contribution in [0.5, 0.6) is 0 Å². The lowest BCUT2D eigenvalue weighted by Gasteiger charge is -1.96. The Balaban J connectivity index is 3.04. The first-order chi connectivity index (χ1) is 6.38. The van der Waals surface area contributed by atoms with Gasteiger partial charge in [0.25, 0.3) is 0 Å². The van der Waals surface area contributed by atoms with Gasteiger partial charge in [-0.25, -0.2) is 0 Å². The Morgan fingerprint density at radius 3 is 2.92 bits per heavy atom. The van der Waals surface area contributed by atoms with Crippen molar-refractivity contribution in [1.29, 1.82) is 0 Å². The second kappa shape index (κ2) is 5.30. The van der Waals surface area contributed by atoms with Gasteiger partial charge in [-0.05, 0) is 28.8 Å². The number of thioether (sulfide) groups is 1. The minimum absolute atomic E-state index is 0.662. The predicted molar refractivity (Wildman–Crippen MR) is 57.8 cm³/mol. The van der Waals surface area contributed by atoms with Gasteiger partial charge >= 0.3 is 0 Å². The van der Waals surface area contributed by atoms with E-state index in [1.54, 1.807) is 17.8 Å². The van der Waals surface area contributed by atoms with E-state index < -0.39 is 0 Å². The minimum Gasteiger partial charge on any atom is -0.138 e. The number of nitrogens with zero attached hydrogens (tertiary/aromatic N) is 3. The van der Waals surface area contributed by atoms with E-state index >= 15 is 0 Å². The molecular formula is C9H9N3S. The molecule has 0 aliphatic rings. The molecule has 13 heavy (non-hydrogen) atoms. The lowest BCUT2D eigenvalue weighted by atomic mass is 10.2. The first kappa shape index (κ1) is 9.71. The van der Waals surface area contributed by atoms with Gasteiger partial charge in [0, 0.05) is 10.6 Å². The number of azide groups is 1. The van der Waals surface area contributed by atoms with Crippen molar-refractivity contribution in [2.45, 2.75) is 0 Å². The van der Waals surface area contributed by atoms with Crippen molar-refractivity contribution in [2.75, 3.05) is 6.26 Å². The smallest absolute Gasteiger partial charge is 0.0447 e. The van der Waals surface area contributed by atoms with E-state index in [1.807, 2.05) is 35.9 Å². The largest absolute Gasteiger partial charge is 0.138 e. The summed E-state index contributed by atoms with van der Waals surface area (Å²) in [6.07, 6.45) is 3.90. The highest BCUT2D eigenvalue weighted by Gasteiger charge is 1.93. The van der Waals surface area contributed by atoms with Crippen LogP contribution in [0.25, 0.3) is 16.5 Å². The SMILES string of the molecule is CS/C=C/c1ccccc1N=[N+]=[N-]. The van der Waals surface area contributed by atoms with Crippen LogP contribution < -0.4 is 0 Å². The lowest BCUT2D eigenvalue weighted by molar-refractivity contribution is 1.46. The van der Waals surface area contributed by atoms with Crippen molar-refractivity contribution in [3.05, 3.63) is 45.7 Å². The Hall–Kier alpha value is -1.38. The van der Waals surface area contributed by atoms with Gasteiger partial charge in [0.2, 0.25) is 0 Å². The summed E-state index contributed by atoms with van der Waals surface area (Å²) in [4.78, 5) is 2.76. The molecule has 0 radical (unpaired) electrons. The number of rotatable bonds is 3. The Morgan fingerprint density at radius 1 is 1.46 bits per heavy atom. The first-order valence-electron chi connectivity index (χ1n) is 3.72. The van der Waals surface area contributed by atoms with Crippen LogP contribution in [-0.2, 0) is 0 Å². The van der Waals surface area contributed by atoms with Crippen LogP contribution in [-0.4, -0.2) is 6.26 Å². The van der Waals surface area contributed by atoms with Crippen LogP contribution in [0.1, 0.15) is 5.56 Å². The zero-order chi connectivity index (χ0) is 9.52. The summed E-state index contributed by atoms with van der Waals surface area (Å²) in [6, 6.07) is 7.47. The summed E-state index contributed by atoms with van der Waals surface area (Å²) in [6.45, 7) is 0. The van der Waals surface area contributed by atoms with E-state index in [9.17, 15) is 0 Å². The molecular weight excluding hydrogens is 182 g/mol. The molecule has 0 heterocycles. The van der Waals surface area contributed by atoms with E-state index in [1.165, 1.54) is 0 Å². The van der Waals surface area contributed by atoms with Crippen LogP contribution in [0.4, 0.5) is 5.69 Å². The maximum atomic E-state index is 8.30. The molecule has 0 saturated carbocycles. The normalized spacial score (nSPS) is 9.92. The fourth-order valence-corrected chi connectivity index (χ4v) is 1.19. The average Bonchev–Trinajstić information content (AvgIpc) is 2.17. The van der Waals surface area contributed by atoms with Gasteiger partial charge in [0.15, 0.2) is 0 Å². The van der Waals surface area contributed by atoms with Crippen molar-refractivity contribution in [3.8, 4) is 0 Å². The predicted octanol–water partition coefficient (Wildman–Crippen LogP) is 3.96. The molecule has 0 saturated heterocycles. The van der Waals surface area contributed by atoms with Gasteiger partial charge < -0.3 is 0 Å². The molecule has 66 valence electrons. The molecule has 0 fully saturated rings. The molecule has 1 aromatic carbocycles. The van der Waals surface area contributed by atoms with Crippen LogP contribution in [0.15, 0.2) is 34.8 Å². The van der Waals surface area contributed by atoms with Crippen molar-refractivity contribution < 1.29 is 0 Å². The fraction of sp³-hybridized carbons (Fsp3) is 0.111. The van der Waals surface area contributed by atoms with Crippen LogP contribution in [0.2, 0.25) is 0 Å². The molecule has 4 heteroatoms. The molecule has 0 bridgehead atoms. The van der Waals surface area contributed by atoms with Gasteiger partial charge in [-0.1, -0.05) is 29.4 Å². The maximum Gasteiger partial charge on any atom is 0.0447 e. The molecule has 0 aliphatic carbocycles. The van der Waals surface area contributed by atoms with Crippen LogP contribution in [0, 0.1) is 0 Å². The van der Waals surface area contributed by atoms with Crippen LogP contribution >= 0.6 is 11.8 Å². The van der Waals surface area contributed by atoms with Crippen molar-refractivity contribution in [1.82, 2.24) is 0 Å². The Bertz CT molecular complexity index is 354. The summed E-state index contributed by atoms with van der Waals surface area (Å²) < 4.78 is 0. The summed E-state index contributed by atoms with van der Waals surface area (Å²) in [5.74, 6) is 0. The number of hydrogen-bond acceptors (Lipinski definition) is 2. The zero-order valence-electron chi connectivity index (χ0n) is 7.21. The summed E-state index contributed by atoms with van der Waals surface area (Å²) >= 11 is 1.61. The van der Waals surface area contributed by atoms with Gasteiger partial charge in [0.1, 0.15) is 0 Å². The molecule has 0 spiro atoms. The zero-order valence-corrected chi connectivity index (χ0v) is 8.03. The maximum absolute atomic E-state index is 8.30. The molecule has 0 unspecified atom stereocenters. The van der Waals surface area contributed by atoms with E-state index in [2.05, 4.69) is 10.0 Å². The Labute approximate surface area is 81.1 Å². The molecule has 1 rings (SSSR count). The molecule has 1 aromatic rings. The number of hydrogen-bond donors (Lipinski definition) is 0. The summed E-state index contributed by atoms with van der Waals surface area (Å²) in [7, 11) is 0. The molecule has 0 aliphatic heterocycles. The minimum atomic E-state index is 0.662. The third-order valence-corrected chi connectivity index (χ3v) is 1.88. The highest BCUT2D eigenvalue weighted by Crippen LogP contribution is 2.20. The Kier molecular flexibility index (Phi) is 3.96. The highest BCUT2D eigenvalue weighted by molar-refractivity contribution is 8.01. The second-order valence-corrected chi connectivity index (χ2v) is 3.03. The van der Waals surface area contributed by atoms with Crippen molar-refractivity contribution in [3.63, 3.8) is 0 Å². The van der Waals surface area contributed by atoms with E-state index in [4.69, 9.17) is 5.53 Å². The molecule has 3 nitrogen and oxygen atoms in total. The van der Waals surface area contributed by atoms with Gasteiger partial charge in [-0.2, -0.15) is 0 Å². The highest BCUT2D eigenvalue weighted by atomic mass is 32.2. The van der Waals surface area contributed by atoms with Gasteiger partial charge in [0.05, 0.1) is 0 Å². The molecule has 0 atom stereocenters. The van der Waals surface area contributed by atoms with E-state index in [0.29, 0.717) is 5.69 Å². The van der Waals surface area contributed by atoms with Crippen molar-refractivity contribution in [2.24, 2.45) is 5.11 Å². The summed E-state index contributed by atoms with van der Waals surface area (Å²) in [5.41, 5.74) is 9.90.